The highest BCUT2D eigenvalue weighted by atomic mass is 16.3. The summed E-state index contributed by atoms with van der Waals surface area (Å²) in [5.41, 5.74) is 5.67. The molecule has 0 aliphatic carbocycles. The smallest absolute Gasteiger partial charge is 0.217 e. The Labute approximate surface area is 271 Å². The van der Waals surface area contributed by atoms with Crippen LogP contribution in [0.1, 0.15) is 54.3 Å². The van der Waals surface area contributed by atoms with Gasteiger partial charge in [0.1, 0.15) is 11.1 Å². The zero-order valence-electron chi connectivity index (χ0n) is 26.5. The van der Waals surface area contributed by atoms with Gasteiger partial charge in [-0.1, -0.05) is 147 Å². The van der Waals surface area contributed by atoms with Crippen molar-refractivity contribution in [3.8, 4) is 11.1 Å². The predicted molar refractivity (Wildman–Crippen MR) is 184 cm³/mol. The molecule has 0 spiro atoms. The first-order valence-corrected chi connectivity index (χ1v) is 15.7. The lowest BCUT2D eigenvalue weighted by Crippen LogP contribution is -2.37. The van der Waals surface area contributed by atoms with Crippen LogP contribution in [0.25, 0.3) is 11.1 Å². The van der Waals surface area contributed by atoms with Crippen molar-refractivity contribution in [1.82, 2.24) is 14.9 Å². The molecule has 5 heteroatoms. The minimum Gasteiger partial charge on any atom is -0.378 e. The third-order valence-electron chi connectivity index (χ3n) is 8.90. The van der Waals surface area contributed by atoms with Gasteiger partial charge in [0.25, 0.3) is 0 Å². The summed E-state index contributed by atoms with van der Waals surface area (Å²) >= 11 is 0. The summed E-state index contributed by atoms with van der Waals surface area (Å²) in [7, 11) is 0. The van der Waals surface area contributed by atoms with Crippen molar-refractivity contribution >= 4 is 5.91 Å². The molecule has 0 aliphatic heterocycles. The topological polar surface area (TPSA) is 67.2 Å². The van der Waals surface area contributed by atoms with Crippen molar-refractivity contribution in [3.63, 3.8) is 0 Å². The number of rotatable bonds is 10. The normalized spacial score (nSPS) is 12.9. The number of carbonyl (C=O) groups is 1. The molecule has 1 heterocycles. The molecule has 1 amide bonds. The predicted octanol–water partition coefficient (Wildman–Crippen LogP) is 7.92. The number of nitrogens with one attached hydrogen (secondary N) is 1. The lowest BCUT2D eigenvalue weighted by Gasteiger charge is -2.37. The van der Waals surface area contributed by atoms with E-state index in [1.807, 2.05) is 81.0 Å². The van der Waals surface area contributed by atoms with Gasteiger partial charge in [-0.3, -0.25) is 4.79 Å². The summed E-state index contributed by atoms with van der Waals surface area (Å²) in [6.07, 6.45) is 3.86. The zero-order valence-corrected chi connectivity index (χ0v) is 26.5. The van der Waals surface area contributed by atoms with Gasteiger partial charge < -0.3 is 15.0 Å². The summed E-state index contributed by atoms with van der Waals surface area (Å²) in [4.78, 5) is 16.3. The van der Waals surface area contributed by atoms with Gasteiger partial charge in [-0.2, -0.15) is 0 Å². The fourth-order valence-corrected chi connectivity index (χ4v) is 6.47. The van der Waals surface area contributed by atoms with Gasteiger partial charge in [-0.25, -0.2) is 4.98 Å². The average Bonchev–Trinajstić information content (AvgIpc) is 3.60. The van der Waals surface area contributed by atoms with Crippen molar-refractivity contribution in [3.05, 3.63) is 186 Å². The number of hydrogen-bond acceptors (Lipinski definition) is 3. The van der Waals surface area contributed by atoms with Crippen LogP contribution in [-0.4, -0.2) is 20.6 Å². The number of hydrogen-bond donors (Lipinski definition) is 2. The van der Waals surface area contributed by atoms with E-state index in [4.69, 9.17) is 4.98 Å². The van der Waals surface area contributed by atoms with Crippen LogP contribution in [0.5, 0.6) is 0 Å². The minimum atomic E-state index is -1.34. The molecular weight excluding hydrogens is 566 g/mol. The Morgan fingerprint density at radius 2 is 1.26 bits per heavy atom. The zero-order chi connectivity index (χ0) is 32.1. The van der Waals surface area contributed by atoms with Crippen LogP contribution < -0.4 is 5.32 Å². The van der Waals surface area contributed by atoms with E-state index < -0.39 is 11.1 Å². The quantitative estimate of drug-likeness (QED) is 0.156. The highest BCUT2D eigenvalue weighted by Crippen LogP contribution is 2.43. The van der Waals surface area contributed by atoms with E-state index in [1.165, 1.54) is 6.92 Å². The highest BCUT2D eigenvalue weighted by molar-refractivity contribution is 5.73. The van der Waals surface area contributed by atoms with E-state index in [0.29, 0.717) is 12.2 Å². The Bertz CT molecular complexity index is 1800. The lowest BCUT2D eigenvalue weighted by molar-refractivity contribution is -0.119. The first-order chi connectivity index (χ1) is 22.3. The average molecular weight is 606 g/mol. The van der Waals surface area contributed by atoms with Gasteiger partial charge in [0.15, 0.2) is 0 Å². The Morgan fingerprint density at radius 1 is 0.717 bits per heavy atom. The summed E-state index contributed by atoms with van der Waals surface area (Å²) in [6.45, 7) is 6.05. The molecule has 2 N–H and O–H groups in total. The molecule has 5 nitrogen and oxygen atoms in total. The van der Waals surface area contributed by atoms with Crippen molar-refractivity contribution < 1.29 is 9.90 Å². The standard InChI is InChI=1S/C41H39N3O2/c1-30(2)41(46,38-24-22-33(23-25-38)34-15-13-14-32(26-34)27-42-31(3)45)39-28-44(29-43-39)40(35-16-7-4-8-17-35,36-18-9-5-10-19-36)37-20-11-6-12-21-37/h4-26,28-30,46H,27H2,1-3H3,(H,42,45). The van der Waals surface area contributed by atoms with E-state index >= 15 is 0 Å². The van der Waals surface area contributed by atoms with E-state index in [9.17, 15) is 9.90 Å². The Balaban J connectivity index is 1.44. The van der Waals surface area contributed by atoms with Gasteiger partial charge in [-0.15, -0.1) is 0 Å². The summed E-state index contributed by atoms with van der Waals surface area (Å²) in [6, 6.07) is 47.6. The van der Waals surface area contributed by atoms with Crippen molar-refractivity contribution in [2.45, 2.75) is 38.5 Å². The molecule has 0 fully saturated rings. The fourth-order valence-electron chi connectivity index (χ4n) is 6.47. The third-order valence-corrected chi connectivity index (χ3v) is 8.90. The molecular formula is C41H39N3O2. The molecule has 0 saturated heterocycles. The van der Waals surface area contributed by atoms with Crippen LogP contribution in [0.4, 0.5) is 0 Å². The molecule has 0 radical (unpaired) electrons. The molecule has 0 bridgehead atoms. The first-order valence-electron chi connectivity index (χ1n) is 15.7. The molecule has 46 heavy (non-hydrogen) atoms. The highest BCUT2D eigenvalue weighted by Gasteiger charge is 2.42. The van der Waals surface area contributed by atoms with Crippen molar-refractivity contribution in [1.29, 1.82) is 0 Å². The molecule has 6 aromatic rings. The number of imidazole rings is 1. The third kappa shape index (κ3) is 5.66. The first kappa shape index (κ1) is 30.8. The monoisotopic (exact) mass is 605 g/mol. The van der Waals surface area contributed by atoms with Gasteiger partial charge in [0, 0.05) is 19.7 Å². The fraction of sp³-hybridized carbons (Fsp3) is 0.171. The maximum atomic E-state index is 12.5. The van der Waals surface area contributed by atoms with Crippen LogP contribution in [-0.2, 0) is 22.5 Å². The van der Waals surface area contributed by atoms with Crippen molar-refractivity contribution in [2.24, 2.45) is 5.92 Å². The molecule has 1 aromatic heterocycles. The van der Waals surface area contributed by atoms with Crippen LogP contribution in [0.3, 0.4) is 0 Å². The lowest BCUT2D eigenvalue weighted by atomic mass is 9.76. The number of nitrogens with zero attached hydrogens (tertiary/aromatic N) is 2. The van der Waals surface area contributed by atoms with E-state index in [0.717, 1.165) is 38.9 Å². The van der Waals surface area contributed by atoms with Crippen LogP contribution in [0.2, 0.25) is 0 Å². The molecule has 0 aliphatic rings. The number of carbonyl (C=O) groups excluding carboxylic acids is 1. The van der Waals surface area contributed by atoms with Crippen LogP contribution >= 0.6 is 0 Å². The number of benzene rings is 5. The molecule has 230 valence electrons. The van der Waals surface area contributed by atoms with Gasteiger partial charge in [0.2, 0.25) is 5.91 Å². The van der Waals surface area contributed by atoms with Crippen LogP contribution in [0, 0.1) is 5.92 Å². The van der Waals surface area contributed by atoms with E-state index in [1.54, 1.807) is 0 Å². The molecule has 1 atom stereocenters. The second-order valence-corrected chi connectivity index (χ2v) is 12.1. The maximum Gasteiger partial charge on any atom is 0.217 e. The second kappa shape index (κ2) is 13.0. The molecule has 1 unspecified atom stereocenters. The molecule has 0 saturated carbocycles. The van der Waals surface area contributed by atoms with Crippen molar-refractivity contribution in [2.75, 3.05) is 0 Å². The largest absolute Gasteiger partial charge is 0.378 e. The second-order valence-electron chi connectivity index (χ2n) is 12.1. The molecule has 6 rings (SSSR count). The Hall–Kier alpha value is -5.26. The number of amides is 1. The minimum absolute atomic E-state index is 0.0567. The van der Waals surface area contributed by atoms with E-state index in [2.05, 4.69) is 94.8 Å². The van der Waals surface area contributed by atoms with Gasteiger partial charge in [-0.05, 0) is 50.9 Å². The Morgan fingerprint density at radius 3 is 1.76 bits per heavy atom. The maximum absolute atomic E-state index is 12.5. The molecule has 5 aromatic carbocycles. The van der Waals surface area contributed by atoms with Crippen LogP contribution in [0.15, 0.2) is 152 Å². The summed E-state index contributed by atoms with van der Waals surface area (Å²) < 4.78 is 2.14. The van der Waals surface area contributed by atoms with Gasteiger partial charge in [0.05, 0.1) is 12.0 Å². The SMILES string of the molecule is CC(=O)NCc1cccc(-c2ccc(C(O)(c3cn(C(c4ccccc4)(c4ccccc4)c4ccccc4)cn3)C(C)C)cc2)c1. The van der Waals surface area contributed by atoms with E-state index in [-0.39, 0.29) is 11.8 Å². The summed E-state index contributed by atoms with van der Waals surface area (Å²) in [5.74, 6) is -0.221. The number of aliphatic hydroxyl groups is 1. The number of aromatic nitrogens is 2. The Kier molecular flexibility index (Phi) is 8.69. The van der Waals surface area contributed by atoms with Gasteiger partial charge >= 0.3 is 0 Å². The summed E-state index contributed by atoms with van der Waals surface area (Å²) in [5, 5.41) is 15.4.